The van der Waals surface area contributed by atoms with Crippen molar-refractivity contribution in [3.63, 3.8) is 0 Å². The Hall–Kier alpha value is -3.28. The van der Waals surface area contributed by atoms with Crippen molar-refractivity contribution in [3.8, 4) is 11.1 Å². The van der Waals surface area contributed by atoms with Gasteiger partial charge in [-0.3, -0.25) is 14.5 Å². The summed E-state index contributed by atoms with van der Waals surface area (Å²) < 4.78 is 5.86. The first kappa shape index (κ1) is 19.7. The smallest absolute Gasteiger partial charge is 0.251 e. The summed E-state index contributed by atoms with van der Waals surface area (Å²) in [4.78, 5) is 27.8. The lowest BCUT2D eigenvalue weighted by Crippen LogP contribution is -2.47. The zero-order valence-corrected chi connectivity index (χ0v) is 17.2. The van der Waals surface area contributed by atoms with Crippen molar-refractivity contribution in [1.29, 1.82) is 0 Å². The van der Waals surface area contributed by atoms with Gasteiger partial charge < -0.3 is 10.1 Å². The molecule has 0 bridgehead atoms. The van der Waals surface area contributed by atoms with Crippen molar-refractivity contribution in [1.82, 2.24) is 10.2 Å². The normalized spacial score (nSPS) is 17.8. The summed E-state index contributed by atoms with van der Waals surface area (Å²) in [7, 11) is 0. The number of rotatable bonds is 5. The van der Waals surface area contributed by atoms with Gasteiger partial charge in [0.25, 0.3) is 5.91 Å². The molecule has 1 atom stereocenters. The second-order valence-corrected chi connectivity index (χ2v) is 8.06. The summed E-state index contributed by atoms with van der Waals surface area (Å²) in [5, 5.41) is 2.98. The molecular formula is C26H24N2O3. The van der Waals surface area contributed by atoms with Crippen molar-refractivity contribution in [3.05, 3.63) is 95.1 Å². The van der Waals surface area contributed by atoms with Crippen LogP contribution in [-0.2, 0) is 11.3 Å². The quantitative estimate of drug-likeness (QED) is 0.545. The van der Waals surface area contributed by atoms with Crippen LogP contribution in [0.25, 0.3) is 11.1 Å². The molecule has 0 unspecified atom stereocenters. The van der Waals surface area contributed by atoms with E-state index in [0.29, 0.717) is 29.8 Å². The molecule has 1 heterocycles. The molecule has 0 saturated carbocycles. The van der Waals surface area contributed by atoms with E-state index in [9.17, 15) is 9.59 Å². The third-order valence-electron chi connectivity index (χ3n) is 5.95. The summed E-state index contributed by atoms with van der Waals surface area (Å²) in [5.41, 5.74) is 4.89. The number of hydrogen-bond donors (Lipinski definition) is 1. The molecule has 5 rings (SSSR count). The molecule has 3 aromatic carbocycles. The highest BCUT2D eigenvalue weighted by Gasteiger charge is 2.27. The second-order valence-electron chi connectivity index (χ2n) is 8.06. The molecular weight excluding hydrogens is 388 g/mol. The first-order chi connectivity index (χ1) is 15.2. The van der Waals surface area contributed by atoms with Crippen LogP contribution in [0.15, 0.2) is 72.8 Å². The summed E-state index contributed by atoms with van der Waals surface area (Å²) in [6, 6.07) is 23.3. The average Bonchev–Trinajstić information content (AvgIpc) is 3.10. The van der Waals surface area contributed by atoms with Gasteiger partial charge in [-0.25, -0.2) is 0 Å². The molecule has 2 aliphatic rings. The van der Waals surface area contributed by atoms with Gasteiger partial charge in [-0.1, -0.05) is 60.7 Å². The summed E-state index contributed by atoms with van der Waals surface area (Å²) >= 11 is 0. The van der Waals surface area contributed by atoms with E-state index in [4.69, 9.17) is 4.74 Å². The Morgan fingerprint density at radius 2 is 1.68 bits per heavy atom. The predicted octanol–water partition coefficient (Wildman–Crippen LogP) is 3.53. The molecule has 1 aliphatic heterocycles. The van der Waals surface area contributed by atoms with E-state index in [0.717, 1.165) is 30.8 Å². The van der Waals surface area contributed by atoms with Gasteiger partial charge in [-0.2, -0.15) is 0 Å². The summed E-state index contributed by atoms with van der Waals surface area (Å²) in [5.74, 6) is -0.206. The fraction of sp³-hybridized carbons (Fsp3) is 0.231. The standard InChI is InChI=1S/C26H24N2O3/c29-25-23-9-5-4-8-21(23)22-11-10-19(14-24(22)25)26(30)27-15-20-17-28(12-13-31-20)16-18-6-2-1-3-7-18/h1-11,14,20H,12-13,15-17H2,(H,27,30)/t20-/m1/s1. The molecule has 1 fully saturated rings. The molecule has 3 aromatic rings. The first-order valence-electron chi connectivity index (χ1n) is 10.6. The number of benzene rings is 3. The van der Waals surface area contributed by atoms with Crippen LogP contribution in [0, 0.1) is 0 Å². The van der Waals surface area contributed by atoms with Crippen LogP contribution in [0.4, 0.5) is 0 Å². The van der Waals surface area contributed by atoms with E-state index in [2.05, 4.69) is 22.3 Å². The Morgan fingerprint density at radius 3 is 2.52 bits per heavy atom. The first-order valence-corrected chi connectivity index (χ1v) is 10.6. The highest BCUT2D eigenvalue weighted by atomic mass is 16.5. The van der Waals surface area contributed by atoms with Gasteiger partial charge in [0, 0.05) is 42.9 Å². The molecule has 0 aromatic heterocycles. The zero-order valence-electron chi connectivity index (χ0n) is 17.2. The fourth-order valence-corrected chi connectivity index (χ4v) is 4.37. The molecule has 31 heavy (non-hydrogen) atoms. The molecule has 156 valence electrons. The van der Waals surface area contributed by atoms with Gasteiger partial charge in [0.15, 0.2) is 5.78 Å². The second kappa shape index (κ2) is 8.46. The van der Waals surface area contributed by atoms with Crippen LogP contribution in [-0.4, -0.2) is 48.9 Å². The molecule has 1 saturated heterocycles. The third kappa shape index (κ3) is 4.02. The maximum absolute atomic E-state index is 12.7. The molecule has 1 aliphatic carbocycles. The van der Waals surface area contributed by atoms with Crippen LogP contribution in [0.1, 0.15) is 31.8 Å². The van der Waals surface area contributed by atoms with E-state index < -0.39 is 0 Å². The number of fused-ring (bicyclic) bond motifs is 3. The largest absolute Gasteiger partial charge is 0.374 e. The number of ether oxygens (including phenoxy) is 1. The number of ketones is 1. The monoisotopic (exact) mass is 412 g/mol. The van der Waals surface area contributed by atoms with Crippen LogP contribution in [0.3, 0.4) is 0 Å². The third-order valence-corrected chi connectivity index (χ3v) is 5.95. The Balaban J connectivity index is 1.21. The minimum Gasteiger partial charge on any atom is -0.374 e. The highest BCUT2D eigenvalue weighted by molar-refractivity contribution is 6.22. The molecule has 1 amide bonds. The highest BCUT2D eigenvalue weighted by Crippen LogP contribution is 2.36. The molecule has 1 N–H and O–H groups in total. The van der Waals surface area contributed by atoms with Gasteiger partial charge in [0.05, 0.1) is 12.7 Å². The van der Waals surface area contributed by atoms with E-state index in [1.165, 1.54) is 5.56 Å². The van der Waals surface area contributed by atoms with Gasteiger partial charge in [0.1, 0.15) is 0 Å². The summed E-state index contributed by atoms with van der Waals surface area (Å²) in [6.45, 7) is 3.62. The number of nitrogens with zero attached hydrogens (tertiary/aromatic N) is 1. The maximum Gasteiger partial charge on any atom is 0.251 e. The maximum atomic E-state index is 12.7. The lowest BCUT2D eigenvalue weighted by atomic mass is 10.0. The minimum absolute atomic E-state index is 0.0209. The Morgan fingerprint density at radius 1 is 0.935 bits per heavy atom. The minimum atomic E-state index is -0.185. The lowest BCUT2D eigenvalue weighted by molar-refractivity contribution is -0.0292. The molecule has 0 spiro atoms. The molecule has 5 nitrogen and oxygen atoms in total. The van der Waals surface area contributed by atoms with E-state index in [-0.39, 0.29) is 17.8 Å². The van der Waals surface area contributed by atoms with Crippen LogP contribution in [0.2, 0.25) is 0 Å². The predicted molar refractivity (Wildman–Crippen MR) is 119 cm³/mol. The van der Waals surface area contributed by atoms with Crippen molar-refractivity contribution in [2.45, 2.75) is 12.6 Å². The number of morpholine rings is 1. The van der Waals surface area contributed by atoms with Gasteiger partial charge >= 0.3 is 0 Å². The van der Waals surface area contributed by atoms with Crippen LogP contribution < -0.4 is 5.32 Å². The van der Waals surface area contributed by atoms with E-state index >= 15 is 0 Å². The Bertz CT molecular complexity index is 1130. The molecule has 5 heteroatoms. The Kier molecular flexibility index (Phi) is 5.37. The van der Waals surface area contributed by atoms with Crippen LogP contribution >= 0.6 is 0 Å². The molecule has 0 radical (unpaired) electrons. The number of amides is 1. The van der Waals surface area contributed by atoms with Crippen molar-refractivity contribution in [2.24, 2.45) is 0 Å². The zero-order chi connectivity index (χ0) is 21.2. The fourth-order valence-electron chi connectivity index (χ4n) is 4.37. The van der Waals surface area contributed by atoms with Crippen molar-refractivity contribution in [2.75, 3.05) is 26.2 Å². The van der Waals surface area contributed by atoms with Gasteiger partial charge in [0.2, 0.25) is 0 Å². The van der Waals surface area contributed by atoms with Crippen molar-refractivity contribution >= 4 is 11.7 Å². The average molecular weight is 412 g/mol. The van der Waals surface area contributed by atoms with E-state index in [1.807, 2.05) is 48.5 Å². The summed E-state index contributed by atoms with van der Waals surface area (Å²) in [6.07, 6.45) is -0.0540. The topological polar surface area (TPSA) is 58.6 Å². The van der Waals surface area contributed by atoms with Crippen molar-refractivity contribution < 1.29 is 14.3 Å². The van der Waals surface area contributed by atoms with Gasteiger partial charge in [-0.05, 0) is 28.8 Å². The SMILES string of the molecule is O=C(NC[C@@H]1CN(Cc2ccccc2)CCO1)c1ccc2c(c1)C(=O)c1ccccc1-2. The number of nitrogens with one attached hydrogen (secondary N) is 1. The Labute approximate surface area is 181 Å². The lowest BCUT2D eigenvalue weighted by Gasteiger charge is -2.33. The number of hydrogen-bond acceptors (Lipinski definition) is 4. The van der Waals surface area contributed by atoms with Crippen LogP contribution in [0.5, 0.6) is 0 Å². The van der Waals surface area contributed by atoms with E-state index in [1.54, 1.807) is 12.1 Å². The number of carbonyl (C=O) groups excluding carboxylic acids is 2. The van der Waals surface area contributed by atoms with Gasteiger partial charge in [-0.15, -0.1) is 0 Å². The number of carbonyl (C=O) groups is 2.